The first-order chi connectivity index (χ1) is 8.30. The zero-order valence-corrected chi connectivity index (χ0v) is 12.7. The summed E-state index contributed by atoms with van der Waals surface area (Å²) in [6.07, 6.45) is 6.72. The van der Waals surface area contributed by atoms with E-state index >= 15 is 0 Å². The van der Waals surface area contributed by atoms with Crippen molar-refractivity contribution in [2.24, 2.45) is 17.6 Å². The Labute approximate surface area is 112 Å². The molecule has 5 heteroatoms. The molecular formula is C13H28N2O2S. The van der Waals surface area contributed by atoms with Crippen molar-refractivity contribution < 1.29 is 8.42 Å². The zero-order valence-electron chi connectivity index (χ0n) is 11.9. The molecule has 1 heterocycles. The molecule has 0 aromatic rings. The molecule has 0 aromatic carbocycles. The van der Waals surface area contributed by atoms with E-state index in [1.165, 1.54) is 6.26 Å². The highest BCUT2D eigenvalue weighted by atomic mass is 32.2. The molecule has 0 bridgehead atoms. The summed E-state index contributed by atoms with van der Waals surface area (Å²) < 4.78 is 24.6. The highest BCUT2D eigenvalue weighted by Crippen LogP contribution is 2.23. The van der Waals surface area contributed by atoms with Gasteiger partial charge in [0, 0.05) is 19.1 Å². The van der Waals surface area contributed by atoms with Crippen molar-refractivity contribution >= 4 is 10.0 Å². The van der Waals surface area contributed by atoms with Crippen LogP contribution in [-0.4, -0.2) is 38.1 Å². The van der Waals surface area contributed by atoms with E-state index in [2.05, 4.69) is 13.8 Å². The first-order valence-corrected chi connectivity index (χ1v) is 8.86. The largest absolute Gasteiger partial charge is 0.327 e. The van der Waals surface area contributed by atoms with Crippen molar-refractivity contribution in [2.75, 3.05) is 19.3 Å². The molecule has 1 rings (SSSR count). The predicted octanol–water partition coefficient (Wildman–Crippen LogP) is 1.81. The maximum atomic E-state index is 11.5. The molecule has 0 amide bonds. The van der Waals surface area contributed by atoms with Gasteiger partial charge in [0.25, 0.3) is 0 Å². The molecule has 2 unspecified atom stereocenters. The van der Waals surface area contributed by atoms with Gasteiger partial charge in [0.05, 0.1) is 6.26 Å². The number of hydrogen-bond donors (Lipinski definition) is 1. The molecule has 0 aromatic heterocycles. The molecule has 0 aliphatic carbocycles. The predicted molar refractivity (Wildman–Crippen MR) is 75.8 cm³/mol. The van der Waals surface area contributed by atoms with Crippen LogP contribution in [0.4, 0.5) is 0 Å². The minimum atomic E-state index is -3.00. The van der Waals surface area contributed by atoms with Crippen molar-refractivity contribution in [1.29, 1.82) is 0 Å². The van der Waals surface area contributed by atoms with Crippen LogP contribution in [0.15, 0.2) is 0 Å². The molecule has 0 saturated carbocycles. The lowest BCUT2D eigenvalue weighted by Crippen LogP contribution is -2.39. The molecule has 1 saturated heterocycles. The van der Waals surface area contributed by atoms with Gasteiger partial charge in [-0.1, -0.05) is 20.3 Å². The molecule has 1 aliphatic rings. The van der Waals surface area contributed by atoms with Crippen molar-refractivity contribution in [2.45, 2.75) is 52.0 Å². The molecule has 4 nitrogen and oxygen atoms in total. The fourth-order valence-corrected chi connectivity index (χ4v) is 3.48. The second-order valence-electron chi connectivity index (χ2n) is 5.97. The summed E-state index contributed by atoms with van der Waals surface area (Å²) in [5.74, 6) is 1.05. The van der Waals surface area contributed by atoms with Gasteiger partial charge in [-0.2, -0.15) is 0 Å². The molecule has 1 fully saturated rings. The number of rotatable bonds is 6. The lowest BCUT2D eigenvalue weighted by atomic mass is 9.91. The summed E-state index contributed by atoms with van der Waals surface area (Å²) in [5.41, 5.74) is 6.02. The lowest BCUT2D eigenvalue weighted by molar-refractivity contribution is 0.249. The second kappa shape index (κ2) is 6.87. The highest BCUT2D eigenvalue weighted by Gasteiger charge is 2.25. The Bertz CT molecular complexity index is 341. The van der Waals surface area contributed by atoms with E-state index in [-0.39, 0.29) is 6.04 Å². The van der Waals surface area contributed by atoms with Crippen LogP contribution in [0.5, 0.6) is 0 Å². The van der Waals surface area contributed by atoms with Gasteiger partial charge in [-0.15, -0.1) is 0 Å². The normalized spacial score (nSPS) is 24.4. The van der Waals surface area contributed by atoms with Crippen LogP contribution < -0.4 is 5.73 Å². The van der Waals surface area contributed by atoms with Crippen molar-refractivity contribution in [1.82, 2.24) is 4.31 Å². The number of piperidine rings is 1. The average molecular weight is 276 g/mol. The minimum absolute atomic E-state index is 0.277. The Hall–Kier alpha value is -0.130. The van der Waals surface area contributed by atoms with E-state index in [9.17, 15) is 8.42 Å². The van der Waals surface area contributed by atoms with Gasteiger partial charge >= 0.3 is 0 Å². The highest BCUT2D eigenvalue weighted by molar-refractivity contribution is 7.88. The van der Waals surface area contributed by atoms with Crippen LogP contribution in [0.25, 0.3) is 0 Å². The fraction of sp³-hybridized carbons (Fsp3) is 1.00. The van der Waals surface area contributed by atoms with Gasteiger partial charge in [-0.05, 0) is 37.5 Å². The molecule has 18 heavy (non-hydrogen) atoms. The quantitative estimate of drug-likeness (QED) is 0.805. The summed E-state index contributed by atoms with van der Waals surface area (Å²) in [6.45, 7) is 5.70. The minimum Gasteiger partial charge on any atom is -0.327 e. The topological polar surface area (TPSA) is 63.4 Å². The molecule has 1 aliphatic heterocycles. The molecule has 108 valence electrons. The standard InChI is InChI=1S/C13H28N2O2S/c1-11(2)13(14)8-4-6-12-7-5-9-15(10-12)18(3,16)17/h11-13H,4-10,14H2,1-3H3. The van der Waals surface area contributed by atoms with Gasteiger partial charge in [-0.3, -0.25) is 0 Å². The monoisotopic (exact) mass is 276 g/mol. The first kappa shape index (κ1) is 15.9. The third-order valence-corrected chi connectivity index (χ3v) is 5.23. The Kier molecular flexibility index (Phi) is 6.08. The third kappa shape index (κ3) is 5.24. The van der Waals surface area contributed by atoms with Crippen molar-refractivity contribution in [3.8, 4) is 0 Å². The number of nitrogens with two attached hydrogens (primary N) is 1. The Morgan fingerprint density at radius 2 is 2.06 bits per heavy atom. The van der Waals surface area contributed by atoms with Crippen molar-refractivity contribution in [3.05, 3.63) is 0 Å². The van der Waals surface area contributed by atoms with Crippen LogP contribution >= 0.6 is 0 Å². The summed E-state index contributed by atoms with van der Waals surface area (Å²) in [5, 5.41) is 0. The lowest BCUT2D eigenvalue weighted by Gasteiger charge is -2.31. The van der Waals surface area contributed by atoms with Gasteiger partial charge < -0.3 is 5.73 Å². The maximum Gasteiger partial charge on any atom is 0.211 e. The Morgan fingerprint density at radius 3 is 2.61 bits per heavy atom. The van der Waals surface area contributed by atoms with Gasteiger partial charge in [0.1, 0.15) is 0 Å². The van der Waals surface area contributed by atoms with E-state index in [0.29, 0.717) is 24.9 Å². The van der Waals surface area contributed by atoms with Crippen LogP contribution in [0.3, 0.4) is 0 Å². The van der Waals surface area contributed by atoms with E-state index in [1.54, 1.807) is 4.31 Å². The summed E-state index contributed by atoms with van der Waals surface area (Å²) >= 11 is 0. The van der Waals surface area contributed by atoms with E-state index in [0.717, 1.165) is 32.1 Å². The van der Waals surface area contributed by atoms with E-state index < -0.39 is 10.0 Å². The second-order valence-corrected chi connectivity index (χ2v) is 7.95. The number of sulfonamides is 1. The van der Waals surface area contributed by atoms with Crippen molar-refractivity contribution in [3.63, 3.8) is 0 Å². The van der Waals surface area contributed by atoms with Gasteiger partial charge in [-0.25, -0.2) is 12.7 Å². The maximum absolute atomic E-state index is 11.5. The van der Waals surface area contributed by atoms with E-state index in [1.807, 2.05) is 0 Å². The summed E-state index contributed by atoms with van der Waals surface area (Å²) in [6, 6.07) is 0.277. The first-order valence-electron chi connectivity index (χ1n) is 7.01. The third-order valence-electron chi connectivity index (χ3n) is 3.96. The van der Waals surface area contributed by atoms with E-state index in [4.69, 9.17) is 5.73 Å². The summed E-state index contributed by atoms with van der Waals surface area (Å²) in [7, 11) is -3.00. The molecule has 0 spiro atoms. The molecular weight excluding hydrogens is 248 g/mol. The van der Waals surface area contributed by atoms with Gasteiger partial charge in [0.2, 0.25) is 10.0 Å². The molecule has 0 radical (unpaired) electrons. The average Bonchev–Trinajstić information content (AvgIpc) is 2.28. The van der Waals surface area contributed by atoms with Crippen LogP contribution in [0.1, 0.15) is 46.0 Å². The zero-order chi connectivity index (χ0) is 13.8. The Morgan fingerprint density at radius 1 is 1.39 bits per heavy atom. The molecule has 2 N–H and O–H groups in total. The van der Waals surface area contributed by atoms with Crippen LogP contribution in [-0.2, 0) is 10.0 Å². The molecule has 2 atom stereocenters. The SMILES string of the molecule is CC(C)C(N)CCCC1CCCN(S(C)(=O)=O)C1. The smallest absolute Gasteiger partial charge is 0.211 e. The summed E-state index contributed by atoms with van der Waals surface area (Å²) in [4.78, 5) is 0. The number of hydrogen-bond acceptors (Lipinski definition) is 3. The number of nitrogens with zero attached hydrogens (tertiary/aromatic N) is 1. The van der Waals surface area contributed by atoms with Crippen LogP contribution in [0, 0.1) is 11.8 Å². The fourth-order valence-electron chi connectivity index (χ4n) is 2.54. The van der Waals surface area contributed by atoms with Crippen LogP contribution in [0.2, 0.25) is 0 Å². The Balaban J connectivity index is 2.31. The van der Waals surface area contributed by atoms with Gasteiger partial charge in [0.15, 0.2) is 0 Å².